The van der Waals surface area contributed by atoms with Crippen LogP contribution in [0.1, 0.15) is 53.4 Å². The molecule has 0 heteroatoms. The van der Waals surface area contributed by atoms with Crippen molar-refractivity contribution >= 4 is 0 Å². The van der Waals surface area contributed by atoms with Gasteiger partial charge in [-0.25, -0.2) is 0 Å². The molecule has 0 aromatic heterocycles. The van der Waals surface area contributed by atoms with Gasteiger partial charge in [0.2, 0.25) is 0 Å². The van der Waals surface area contributed by atoms with E-state index in [1.54, 1.807) is 5.57 Å². The third-order valence-corrected chi connectivity index (χ3v) is 6.28. The van der Waals surface area contributed by atoms with Gasteiger partial charge in [-0.15, -0.1) is 0 Å². The smallest absolute Gasteiger partial charge is 0.00514 e. The maximum absolute atomic E-state index is 2.54. The van der Waals surface area contributed by atoms with E-state index in [1.807, 2.05) is 0 Å². The van der Waals surface area contributed by atoms with Crippen molar-refractivity contribution in [1.82, 2.24) is 0 Å². The predicted octanol–water partition coefficient (Wildman–Crippen LogP) is 4.42. The second-order valence-corrected chi connectivity index (χ2v) is 6.98. The number of hydrogen-bond acceptors (Lipinski definition) is 0. The Labute approximate surface area is 94.1 Å². The quantitative estimate of drug-likeness (QED) is 0.513. The van der Waals surface area contributed by atoms with Gasteiger partial charge in [0.15, 0.2) is 0 Å². The molecule has 2 saturated carbocycles. The summed E-state index contributed by atoms with van der Waals surface area (Å²) in [5.41, 5.74) is 2.96. The van der Waals surface area contributed by atoms with Crippen LogP contribution in [0, 0.1) is 28.6 Å². The first-order chi connectivity index (χ1) is 6.98. The Morgan fingerprint density at radius 3 is 2.80 bits per heavy atom. The first kappa shape index (κ1) is 9.93. The number of allylic oxidation sites excluding steroid dienone is 2. The van der Waals surface area contributed by atoms with Crippen LogP contribution in [0.25, 0.3) is 0 Å². The Bertz CT molecular complexity index is 323. The van der Waals surface area contributed by atoms with Crippen LogP contribution >= 0.6 is 0 Å². The maximum Gasteiger partial charge on any atom is -0.00514 e. The first-order valence-electron chi connectivity index (χ1n) is 6.66. The normalized spacial score (nSPS) is 51.5. The summed E-state index contributed by atoms with van der Waals surface area (Å²) in [5.74, 6) is 2.91. The summed E-state index contributed by atoms with van der Waals surface area (Å²) in [4.78, 5) is 0. The molecule has 0 nitrogen and oxygen atoms in total. The molecule has 84 valence electrons. The van der Waals surface area contributed by atoms with Crippen LogP contribution in [-0.4, -0.2) is 0 Å². The second kappa shape index (κ2) is 2.70. The molecule has 3 rings (SSSR count). The standard InChI is InChI=1S/C15H24/c1-10-7-8-15-9-12(10)14(3,4)13(15)6-5-11(15)2/h5,10,12-13H,6-9H2,1-4H3. The third kappa shape index (κ3) is 0.990. The fourth-order valence-electron chi connectivity index (χ4n) is 5.33. The molecule has 0 heterocycles. The molecule has 0 aromatic carbocycles. The molecule has 0 amide bonds. The van der Waals surface area contributed by atoms with Crippen LogP contribution in [0.4, 0.5) is 0 Å². The van der Waals surface area contributed by atoms with Gasteiger partial charge in [-0.2, -0.15) is 0 Å². The average Bonchev–Trinajstić information content (AvgIpc) is 2.57. The molecule has 15 heavy (non-hydrogen) atoms. The lowest BCUT2D eigenvalue weighted by Gasteiger charge is -2.37. The van der Waals surface area contributed by atoms with Gasteiger partial charge in [0.1, 0.15) is 0 Å². The van der Waals surface area contributed by atoms with Crippen molar-refractivity contribution < 1.29 is 0 Å². The third-order valence-electron chi connectivity index (χ3n) is 6.28. The van der Waals surface area contributed by atoms with E-state index in [1.165, 1.54) is 25.7 Å². The van der Waals surface area contributed by atoms with Crippen LogP contribution in [-0.2, 0) is 0 Å². The van der Waals surface area contributed by atoms with E-state index in [0.29, 0.717) is 10.8 Å². The van der Waals surface area contributed by atoms with Crippen molar-refractivity contribution in [2.45, 2.75) is 53.4 Å². The van der Waals surface area contributed by atoms with Gasteiger partial charge in [-0.1, -0.05) is 32.4 Å². The summed E-state index contributed by atoms with van der Waals surface area (Å²) in [6.45, 7) is 9.96. The minimum atomic E-state index is 0.587. The SMILES string of the molecule is CC1=CCC2C13CCC(C)C(C3)C2(C)C. The lowest BCUT2D eigenvalue weighted by atomic mass is 9.67. The lowest BCUT2D eigenvalue weighted by Crippen LogP contribution is -2.28. The Morgan fingerprint density at radius 1 is 1.33 bits per heavy atom. The molecule has 2 fully saturated rings. The molecule has 4 unspecified atom stereocenters. The van der Waals surface area contributed by atoms with Crippen LogP contribution in [0.3, 0.4) is 0 Å². The number of hydrogen-bond donors (Lipinski definition) is 0. The highest BCUT2D eigenvalue weighted by atomic mass is 14.7. The van der Waals surface area contributed by atoms with Crippen molar-refractivity contribution in [3.8, 4) is 0 Å². The van der Waals surface area contributed by atoms with E-state index in [0.717, 1.165) is 17.8 Å². The Kier molecular flexibility index (Phi) is 1.79. The molecule has 2 bridgehead atoms. The monoisotopic (exact) mass is 204 g/mol. The van der Waals surface area contributed by atoms with E-state index in [9.17, 15) is 0 Å². The van der Waals surface area contributed by atoms with Crippen LogP contribution in [0.2, 0.25) is 0 Å². The molecule has 3 aliphatic carbocycles. The zero-order valence-corrected chi connectivity index (χ0v) is 10.6. The van der Waals surface area contributed by atoms with Gasteiger partial charge < -0.3 is 0 Å². The second-order valence-electron chi connectivity index (χ2n) is 6.98. The van der Waals surface area contributed by atoms with Crippen molar-refractivity contribution in [3.05, 3.63) is 11.6 Å². The first-order valence-corrected chi connectivity index (χ1v) is 6.66. The topological polar surface area (TPSA) is 0 Å². The maximum atomic E-state index is 2.54. The largest absolute Gasteiger partial charge is 0.0847 e. The highest BCUT2D eigenvalue weighted by molar-refractivity contribution is 5.28. The van der Waals surface area contributed by atoms with Crippen LogP contribution in [0.15, 0.2) is 11.6 Å². The number of rotatable bonds is 0. The van der Waals surface area contributed by atoms with Crippen LogP contribution < -0.4 is 0 Å². The van der Waals surface area contributed by atoms with E-state index in [2.05, 4.69) is 33.8 Å². The Balaban J connectivity index is 2.08. The molecule has 4 atom stereocenters. The molecule has 1 spiro atoms. The molecule has 0 radical (unpaired) electrons. The molecular formula is C15H24. The molecule has 0 aliphatic heterocycles. The minimum absolute atomic E-state index is 0.587. The van der Waals surface area contributed by atoms with E-state index in [-0.39, 0.29) is 0 Å². The summed E-state index contributed by atoms with van der Waals surface area (Å²) in [5, 5.41) is 0. The van der Waals surface area contributed by atoms with Gasteiger partial charge in [0.05, 0.1) is 0 Å². The van der Waals surface area contributed by atoms with E-state index < -0.39 is 0 Å². The van der Waals surface area contributed by atoms with Gasteiger partial charge in [-0.3, -0.25) is 0 Å². The summed E-state index contributed by atoms with van der Waals surface area (Å²) < 4.78 is 0. The molecule has 0 saturated heterocycles. The summed E-state index contributed by atoms with van der Waals surface area (Å²) in [6.07, 6.45) is 8.34. The van der Waals surface area contributed by atoms with Crippen molar-refractivity contribution in [3.63, 3.8) is 0 Å². The zero-order chi connectivity index (χ0) is 10.8. The fourth-order valence-corrected chi connectivity index (χ4v) is 5.33. The lowest BCUT2D eigenvalue weighted by molar-refractivity contribution is 0.144. The predicted molar refractivity (Wildman–Crippen MR) is 64.6 cm³/mol. The highest BCUT2D eigenvalue weighted by Gasteiger charge is 2.62. The van der Waals surface area contributed by atoms with E-state index >= 15 is 0 Å². The van der Waals surface area contributed by atoms with Crippen molar-refractivity contribution in [1.29, 1.82) is 0 Å². The van der Waals surface area contributed by atoms with Crippen molar-refractivity contribution in [2.24, 2.45) is 28.6 Å². The molecule has 3 aliphatic rings. The molecule has 0 N–H and O–H groups in total. The van der Waals surface area contributed by atoms with Gasteiger partial charge >= 0.3 is 0 Å². The highest BCUT2D eigenvalue weighted by Crippen LogP contribution is 2.70. The van der Waals surface area contributed by atoms with Gasteiger partial charge in [0.25, 0.3) is 0 Å². The van der Waals surface area contributed by atoms with Crippen LogP contribution in [0.5, 0.6) is 0 Å². The number of fused-ring (bicyclic) bond motifs is 1. The van der Waals surface area contributed by atoms with Gasteiger partial charge in [-0.05, 0) is 61.2 Å². The Morgan fingerprint density at radius 2 is 2.07 bits per heavy atom. The van der Waals surface area contributed by atoms with Gasteiger partial charge in [0, 0.05) is 0 Å². The summed E-state index contributed by atoms with van der Waals surface area (Å²) >= 11 is 0. The zero-order valence-electron chi connectivity index (χ0n) is 10.6. The molecule has 0 aromatic rings. The Hall–Kier alpha value is -0.260. The summed E-state index contributed by atoms with van der Waals surface area (Å²) in [7, 11) is 0. The summed E-state index contributed by atoms with van der Waals surface area (Å²) in [6, 6.07) is 0. The minimum Gasteiger partial charge on any atom is -0.0847 e. The fraction of sp³-hybridized carbons (Fsp3) is 0.867. The van der Waals surface area contributed by atoms with Crippen molar-refractivity contribution in [2.75, 3.05) is 0 Å². The average molecular weight is 204 g/mol. The molecular weight excluding hydrogens is 180 g/mol. The van der Waals surface area contributed by atoms with E-state index in [4.69, 9.17) is 0 Å².